The van der Waals surface area contributed by atoms with Gasteiger partial charge >= 0.3 is 0 Å². The molecule has 0 aliphatic carbocycles. The smallest absolute Gasteiger partial charge is 0.233 e. The molecule has 16 heavy (non-hydrogen) atoms. The second-order valence-electron chi connectivity index (χ2n) is 3.82. The van der Waals surface area contributed by atoms with Gasteiger partial charge in [-0.15, -0.1) is 0 Å². The van der Waals surface area contributed by atoms with Crippen molar-refractivity contribution >= 4 is 5.91 Å². The minimum absolute atomic E-state index is 0.0341. The van der Waals surface area contributed by atoms with Crippen LogP contribution in [0.4, 0.5) is 0 Å². The van der Waals surface area contributed by atoms with Crippen LogP contribution in [0.15, 0.2) is 22.8 Å². The van der Waals surface area contributed by atoms with Crippen LogP contribution in [0.2, 0.25) is 0 Å². The molecule has 4 nitrogen and oxygen atoms in total. The molecule has 1 amide bonds. The van der Waals surface area contributed by atoms with Gasteiger partial charge in [0.05, 0.1) is 18.8 Å². The van der Waals surface area contributed by atoms with Crippen LogP contribution in [0.5, 0.6) is 0 Å². The zero-order valence-electron chi connectivity index (χ0n) is 9.95. The number of carbonyl (C=O) groups excluding carboxylic acids is 1. The van der Waals surface area contributed by atoms with Crippen LogP contribution in [0.25, 0.3) is 0 Å². The Morgan fingerprint density at radius 2 is 2.38 bits per heavy atom. The first kappa shape index (κ1) is 12.8. The Hall–Kier alpha value is -1.29. The van der Waals surface area contributed by atoms with Crippen LogP contribution in [0, 0.1) is 0 Å². The quantitative estimate of drug-likeness (QED) is 0.695. The van der Waals surface area contributed by atoms with Gasteiger partial charge in [0.25, 0.3) is 0 Å². The molecule has 0 saturated heterocycles. The molecule has 1 aromatic rings. The summed E-state index contributed by atoms with van der Waals surface area (Å²) >= 11 is 0. The molecule has 0 bridgehead atoms. The molecule has 0 fully saturated rings. The molecule has 2 N–H and O–H groups in total. The molecule has 0 aliphatic heterocycles. The molecule has 90 valence electrons. The standard InChI is InChI=1S/C12H20N2O2/c1-3-4-7-13-12(15)9-14-10(2)11-6-5-8-16-11/h5-6,8,10,14H,3-4,7,9H2,1-2H3,(H,13,15). The SMILES string of the molecule is CCCCNC(=O)CNC(C)c1ccco1. The third-order valence-electron chi connectivity index (χ3n) is 2.39. The second kappa shape index (κ2) is 7.06. The number of furan rings is 1. The average Bonchev–Trinajstić information content (AvgIpc) is 2.79. The number of hydrogen-bond acceptors (Lipinski definition) is 3. The Morgan fingerprint density at radius 1 is 1.56 bits per heavy atom. The van der Waals surface area contributed by atoms with E-state index in [1.165, 1.54) is 0 Å². The van der Waals surface area contributed by atoms with Crippen molar-refractivity contribution in [3.63, 3.8) is 0 Å². The molecule has 0 spiro atoms. The molecular formula is C12H20N2O2. The normalized spacial score (nSPS) is 12.4. The van der Waals surface area contributed by atoms with E-state index in [1.807, 2.05) is 19.1 Å². The maximum atomic E-state index is 11.4. The lowest BCUT2D eigenvalue weighted by Crippen LogP contribution is -2.35. The molecule has 1 rings (SSSR count). The predicted molar refractivity (Wildman–Crippen MR) is 63.0 cm³/mol. The molecule has 0 saturated carbocycles. The molecule has 0 aliphatic rings. The number of rotatable bonds is 7. The third kappa shape index (κ3) is 4.49. The van der Waals surface area contributed by atoms with E-state index < -0.39 is 0 Å². The average molecular weight is 224 g/mol. The molecule has 1 atom stereocenters. The fourth-order valence-corrected chi connectivity index (χ4v) is 1.35. The third-order valence-corrected chi connectivity index (χ3v) is 2.39. The molecule has 1 aromatic heterocycles. The van der Waals surface area contributed by atoms with Crippen molar-refractivity contribution in [3.05, 3.63) is 24.2 Å². The van der Waals surface area contributed by atoms with E-state index in [4.69, 9.17) is 4.42 Å². The summed E-state index contributed by atoms with van der Waals surface area (Å²) in [6.45, 7) is 5.15. The van der Waals surface area contributed by atoms with Gasteiger partial charge in [-0.3, -0.25) is 10.1 Å². The van der Waals surface area contributed by atoms with Gasteiger partial charge in [0.15, 0.2) is 0 Å². The largest absolute Gasteiger partial charge is 0.468 e. The van der Waals surface area contributed by atoms with Crippen molar-refractivity contribution in [1.29, 1.82) is 0 Å². The lowest BCUT2D eigenvalue weighted by atomic mass is 10.2. The summed E-state index contributed by atoms with van der Waals surface area (Å²) in [7, 11) is 0. The van der Waals surface area contributed by atoms with E-state index in [1.54, 1.807) is 6.26 Å². The predicted octanol–water partition coefficient (Wildman–Crippen LogP) is 1.85. The Morgan fingerprint density at radius 3 is 3.00 bits per heavy atom. The van der Waals surface area contributed by atoms with Gasteiger partial charge < -0.3 is 9.73 Å². The minimum Gasteiger partial charge on any atom is -0.468 e. The number of unbranched alkanes of at least 4 members (excludes halogenated alkanes) is 1. The summed E-state index contributed by atoms with van der Waals surface area (Å²) in [4.78, 5) is 11.4. The van der Waals surface area contributed by atoms with Crippen LogP contribution in [0.1, 0.15) is 38.5 Å². The minimum atomic E-state index is 0.0341. The van der Waals surface area contributed by atoms with Crippen molar-refractivity contribution in [2.75, 3.05) is 13.1 Å². The van der Waals surface area contributed by atoms with Gasteiger partial charge in [-0.25, -0.2) is 0 Å². The zero-order chi connectivity index (χ0) is 11.8. The summed E-state index contributed by atoms with van der Waals surface area (Å²) in [5.74, 6) is 0.883. The number of amides is 1. The van der Waals surface area contributed by atoms with Gasteiger partial charge in [-0.2, -0.15) is 0 Å². The maximum Gasteiger partial charge on any atom is 0.233 e. The van der Waals surface area contributed by atoms with E-state index in [0.29, 0.717) is 6.54 Å². The van der Waals surface area contributed by atoms with Crippen molar-refractivity contribution in [3.8, 4) is 0 Å². The molecule has 0 radical (unpaired) electrons. The van der Waals surface area contributed by atoms with Crippen LogP contribution in [-0.4, -0.2) is 19.0 Å². The first-order valence-corrected chi connectivity index (χ1v) is 5.77. The topological polar surface area (TPSA) is 54.3 Å². The summed E-state index contributed by atoms with van der Waals surface area (Å²) in [6, 6.07) is 3.80. The summed E-state index contributed by atoms with van der Waals surface area (Å²) in [5, 5.41) is 5.96. The van der Waals surface area contributed by atoms with Crippen LogP contribution >= 0.6 is 0 Å². The fourth-order valence-electron chi connectivity index (χ4n) is 1.35. The molecule has 1 unspecified atom stereocenters. The summed E-state index contributed by atoms with van der Waals surface area (Å²) in [6.07, 6.45) is 3.75. The highest BCUT2D eigenvalue weighted by atomic mass is 16.3. The lowest BCUT2D eigenvalue weighted by Gasteiger charge is -2.11. The van der Waals surface area contributed by atoms with Crippen molar-refractivity contribution in [1.82, 2.24) is 10.6 Å². The van der Waals surface area contributed by atoms with Gasteiger partial charge in [0, 0.05) is 6.54 Å². The monoisotopic (exact) mass is 224 g/mol. The van der Waals surface area contributed by atoms with Crippen molar-refractivity contribution in [2.45, 2.75) is 32.7 Å². The van der Waals surface area contributed by atoms with Gasteiger partial charge in [-0.1, -0.05) is 13.3 Å². The van der Waals surface area contributed by atoms with Crippen LogP contribution in [0.3, 0.4) is 0 Å². The summed E-state index contributed by atoms with van der Waals surface area (Å²) < 4.78 is 5.23. The number of nitrogens with one attached hydrogen (secondary N) is 2. The highest BCUT2D eigenvalue weighted by Crippen LogP contribution is 2.11. The van der Waals surface area contributed by atoms with Crippen molar-refractivity contribution in [2.24, 2.45) is 0 Å². The van der Waals surface area contributed by atoms with E-state index in [9.17, 15) is 4.79 Å². The Balaban J connectivity index is 2.16. The second-order valence-corrected chi connectivity index (χ2v) is 3.82. The lowest BCUT2D eigenvalue weighted by molar-refractivity contribution is -0.120. The van der Waals surface area contributed by atoms with Gasteiger partial charge in [0.1, 0.15) is 5.76 Å². The number of carbonyl (C=O) groups is 1. The van der Waals surface area contributed by atoms with Crippen molar-refractivity contribution < 1.29 is 9.21 Å². The molecule has 1 heterocycles. The van der Waals surface area contributed by atoms with E-state index in [0.717, 1.165) is 25.1 Å². The first-order chi connectivity index (χ1) is 7.74. The highest BCUT2D eigenvalue weighted by Gasteiger charge is 2.08. The maximum absolute atomic E-state index is 11.4. The zero-order valence-corrected chi connectivity index (χ0v) is 9.95. The van der Waals surface area contributed by atoms with Gasteiger partial charge in [0.2, 0.25) is 5.91 Å². The van der Waals surface area contributed by atoms with Crippen LogP contribution < -0.4 is 10.6 Å². The Bertz CT molecular complexity index is 296. The van der Waals surface area contributed by atoms with E-state index in [-0.39, 0.29) is 11.9 Å². The number of hydrogen-bond donors (Lipinski definition) is 2. The van der Waals surface area contributed by atoms with Gasteiger partial charge in [-0.05, 0) is 25.5 Å². The van der Waals surface area contributed by atoms with E-state index >= 15 is 0 Å². The molecular weight excluding hydrogens is 204 g/mol. The van der Waals surface area contributed by atoms with E-state index in [2.05, 4.69) is 17.6 Å². The first-order valence-electron chi connectivity index (χ1n) is 5.77. The summed E-state index contributed by atoms with van der Waals surface area (Å²) in [5.41, 5.74) is 0. The highest BCUT2D eigenvalue weighted by molar-refractivity contribution is 5.77. The Kier molecular flexibility index (Phi) is 5.64. The Labute approximate surface area is 96.4 Å². The van der Waals surface area contributed by atoms with Crippen LogP contribution in [-0.2, 0) is 4.79 Å². The molecule has 4 heteroatoms. The fraction of sp³-hybridized carbons (Fsp3) is 0.583. The molecule has 0 aromatic carbocycles.